The van der Waals surface area contributed by atoms with Gasteiger partial charge in [0.15, 0.2) is 0 Å². The molecule has 0 unspecified atom stereocenters. The van der Waals surface area contributed by atoms with E-state index in [4.69, 9.17) is 0 Å². The quantitative estimate of drug-likeness (QED) is 0.504. The van der Waals surface area contributed by atoms with Crippen molar-refractivity contribution in [3.8, 4) is 0 Å². The fraction of sp³-hybridized carbons (Fsp3) is 0.533. The average molecular weight is 233 g/mol. The third-order valence-corrected chi connectivity index (χ3v) is 3.04. The predicted molar refractivity (Wildman–Crippen MR) is 72.7 cm³/mol. The lowest BCUT2D eigenvalue weighted by Crippen LogP contribution is -2.17. The topological polar surface area (TPSA) is 29.1 Å². The fourth-order valence-electron chi connectivity index (χ4n) is 1.96. The van der Waals surface area contributed by atoms with Crippen molar-refractivity contribution in [2.45, 2.75) is 45.4 Å². The minimum Gasteiger partial charge on any atom is -0.349 e. The van der Waals surface area contributed by atoms with Crippen LogP contribution in [0.15, 0.2) is 36.0 Å². The zero-order chi connectivity index (χ0) is 12.5. The second-order valence-corrected chi connectivity index (χ2v) is 4.56. The number of hydrogen-bond acceptors (Lipinski definition) is 1. The van der Waals surface area contributed by atoms with E-state index < -0.39 is 0 Å². The second-order valence-electron chi connectivity index (χ2n) is 4.56. The van der Waals surface area contributed by atoms with Crippen molar-refractivity contribution >= 4 is 5.91 Å². The smallest absolute Gasteiger partial charge is 0.247 e. The van der Waals surface area contributed by atoms with Gasteiger partial charge in [0.2, 0.25) is 5.91 Å². The maximum atomic E-state index is 11.3. The molecule has 1 rings (SSSR count). The summed E-state index contributed by atoms with van der Waals surface area (Å²) in [7, 11) is 0. The van der Waals surface area contributed by atoms with E-state index in [0.29, 0.717) is 6.54 Å². The van der Waals surface area contributed by atoms with Gasteiger partial charge < -0.3 is 5.32 Å². The van der Waals surface area contributed by atoms with Crippen LogP contribution in [0, 0.1) is 0 Å². The lowest BCUT2D eigenvalue weighted by atomic mass is 10.1. The molecule has 1 amide bonds. The Morgan fingerprint density at radius 2 is 2.29 bits per heavy atom. The van der Waals surface area contributed by atoms with Gasteiger partial charge in [-0.05, 0) is 45.4 Å². The average Bonchev–Trinajstić information content (AvgIpc) is 2.71. The van der Waals surface area contributed by atoms with Crippen LogP contribution in [-0.4, -0.2) is 12.5 Å². The Kier molecular flexibility index (Phi) is 6.38. The zero-order valence-corrected chi connectivity index (χ0v) is 10.8. The number of nitrogens with one attached hydrogen (secondary N) is 1. The molecule has 0 bridgehead atoms. The second kappa shape index (κ2) is 7.88. The van der Waals surface area contributed by atoms with E-state index in [1.54, 1.807) is 0 Å². The highest BCUT2D eigenvalue weighted by Gasteiger charge is 2.12. The van der Waals surface area contributed by atoms with Crippen molar-refractivity contribution in [3.63, 3.8) is 0 Å². The molecule has 94 valence electrons. The van der Waals surface area contributed by atoms with Crippen LogP contribution in [-0.2, 0) is 4.79 Å². The molecule has 0 saturated carbocycles. The van der Waals surface area contributed by atoms with Crippen molar-refractivity contribution in [1.82, 2.24) is 5.32 Å². The van der Waals surface area contributed by atoms with Gasteiger partial charge in [-0.3, -0.25) is 4.79 Å². The van der Waals surface area contributed by atoms with Gasteiger partial charge in [0, 0.05) is 12.1 Å². The van der Waals surface area contributed by atoms with E-state index >= 15 is 0 Å². The number of unbranched alkanes of at least 4 members (excludes halogenated alkanes) is 2. The van der Waals surface area contributed by atoms with Crippen LogP contribution in [0.5, 0.6) is 0 Å². The highest BCUT2D eigenvalue weighted by molar-refractivity contribution is 5.95. The number of rotatable bonds is 8. The maximum Gasteiger partial charge on any atom is 0.247 e. The highest BCUT2D eigenvalue weighted by Crippen LogP contribution is 2.13. The van der Waals surface area contributed by atoms with Crippen LogP contribution in [0.25, 0.3) is 0 Å². The summed E-state index contributed by atoms with van der Waals surface area (Å²) >= 11 is 0. The van der Waals surface area contributed by atoms with E-state index in [1.165, 1.54) is 24.8 Å². The summed E-state index contributed by atoms with van der Waals surface area (Å²) in [5.74, 6) is 0.113. The van der Waals surface area contributed by atoms with Crippen LogP contribution in [0.1, 0.15) is 45.4 Å². The van der Waals surface area contributed by atoms with Crippen molar-refractivity contribution in [2.24, 2.45) is 0 Å². The summed E-state index contributed by atoms with van der Waals surface area (Å²) in [6, 6.07) is 0. The Hall–Kier alpha value is -1.31. The zero-order valence-electron chi connectivity index (χ0n) is 10.8. The largest absolute Gasteiger partial charge is 0.349 e. The van der Waals surface area contributed by atoms with E-state index in [1.807, 2.05) is 12.2 Å². The Morgan fingerprint density at radius 3 is 2.94 bits per heavy atom. The first-order chi connectivity index (χ1) is 8.24. The Labute approximate surface area is 104 Å². The summed E-state index contributed by atoms with van der Waals surface area (Å²) in [6.07, 6.45) is 12.8. The standard InChI is InChI=1S/C15H23NO/c1-3-4-5-6-8-13(2)9-7-10-14-11-12-16-15(14)17/h3,9,11H,1,4-8,10,12H2,2H3,(H,16,17)/b13-9-. The monoisotopic (exact) mass is 233 g/mol. The van der Waals surface area contributed by atoms with Crippen LogP contribution < -0.4 is 5.32 Å². The molecule has 0 saturated heterocycles. The number of amides is 1. The Balaban J connectivity index is 2.14. The first kappa shape index (κ1) is 13.8. The van der Waals surface area contributed by atoms with Crippen LogP contribution in [0.3, 0.4) is 0 Å². The SMILES string of the molecule is C=CCCCC/C(C)=C\CCC1=CCNC1=O. The summed E-state index contributed by atoms with van der Waals surface area (Å²) in [4.78, 5) is 11.3. The van der Waals surface area contributed by atoms with Crippen molar-refractivity contribution in [2.75, 3.05) is 6.54 Å². The molecule has 0 aromatic carbocycles. The Bertz CT molecular complexity index is 326. The molecule has 0 aliphatic carbocycles. The summed E-state index contributed by atoms with van der Waals surface area (Å²) in [5, 5.41) is 2.79. The van der Waals surface area contributed by atoms with Gasteiger partial charge in [-0.1, -0.05) is 23.8 Å². The first-order valence-electron chi connectivity index (χ1n) is 6.48. The third kappa shape index (κ3) is 5.53. The van der Waals surface area contributed by atoms with Gasteiger partial charge in [0.05, 0.1) is 0 Å². The molecule has 1 N–H and O–H groups in total. The summed E-state index contributed by atoms with van der Waals surface area (Å²) in [5.41, 5.74) is 2.38. The highest BCUT2D eigenvalue weighted by atomic mass is 16.1. The molecule has 1 aliphatic heterocycles. The van der Waals surface area contributed by atoms with Gasteiger partial charge in [-0.2, -0.15) is 0 Å². The van der Waals surface area contributed by atoms with Gasteiger partial charge in [-0.15, -0.1) is 6.58 Å². The Morgan fingerprint density at radius 1 is 1.47 bits per heavy atom. The van der Waals surface area contributed by atoms with E-state index in [-0.39, 0.29) is 5.91 Å². The van der Waals surface area contributed by atoms with Crippen LogP contribution >= 0.6 is 0 Å². The molecule has 0 atom stereocenters. The molecule has 0 radical (unpaired) electrons. The predicted octanol–water partition coefficient (Wildman–Crippen LogP) is 3.52. The molecular formula is C15H23NO. The summed E-state index contributed by atoms with van der Waals surface area (Å²) in [6.45, 7) is 6.60. The van der Waals surface area contributed by atoms with Crippen LogP contribution in [0.4, 0.5) is 0 Å². The first-order valence-corrected chi connectivity index (χ1v) is 6.48. The molecule has 17 heavy (non-hydrogen) atoms. The minimum atomic E-state index is 0.113. The molecule has 0 aromatic heterocycles. The third-order valence-electron chi connectivity index (χ3n) is 3.04. The lowest BCUT2D eigenvalue weighted by molar-refractivity contribution is -0.116. The maximum absolute atomic E-state index is 11.3. The molecule has 2 heteroatoms. The van der Waals surface area contributed by atoms with E-state index in [0.717, 1.165) is 24.8 Å². The van der Waals surface area contributed by atoms with Crippen molar-refractivity contribution < 1.29 is 4.79 Å². The van der Waals surface area contributed by atoms with E-state index in [9.17, 15) is 4.79 Å². The van der Waals surface area contributed by atoms with Crippen molar-refractivity contribution in [1.29, 1.82) is 0 Å². The minimum absolute atomic E-state index is 0.113. The lowest BCUT2D eigenvalue weighted by Gasteiger charge is -2.01. The van der Waals surface area contributed by atoms with Gasteiger partial charge in [0.1, 0.15) is 0 Å². The summed E-state index contributed by atoms with van der Waals surface area (Å²) < 4.78 is 0. The fourth-order valence-corrected chi connectivity index (χ4v) is 1.96. The number of carbonyl (C=O) groups excluding carboxylic acids is 1. The molecule has 1 heterocycles. The van der Waals surface area contributed by atoms with Gasteiger partial charge in [-0.25, -0.2) is 0 Å². The van der Waals surface area contributed by atoms with E-state index in [2.05, 4.69) is 24.9 Å². The van der Waals surface area contributed by atoms with Crippen LogP contribution in [0.2, 0.25) is 0 Å². The van der Waals surface area contributed by atoms with Crippen molar-refractivity contribution in [3.05, 3.63) is 36.0 Å². The molecule has 0 aromatic rings. The number of allylic oxidation sites excluding steroid dienone is 3. The van der Waals surface area contributed by atoms with Gasteiger partial charge in [0.25, 0.3) is 0 Å². The number of carbonyl (C=O) groups is 1. The number of hydrogen-bond donors (Lipinski definition) is 1. The molecule has 1 aliphatic rings. The normalized spacial score (nSPS) is 15.7. The molecule has 0 fully saturated rings. The molecular weight excluding hydrogens is 210 g/mol. The molecule has 0 spiro atoms. The molecule has 2 nitrogen and oxygen atoms in total. The van der Waals surface area contributed by atoms with Gasteiger partial charge >= 0.3 is 0 Å².